The molecule has 2 aromatic heterocycles. The number of aromatic amines is 1. The average Bonchev–Trinajstić information content (AvgIpc) is 3.15. The second-order valence-corrected chi connectivity index (χ2v) is 8.16. The quantitative estimate of drug-likeness (QED) is 0.790. The molecule has 0 spiro atoms. The molecule has 0 radical (unpaired) electrons. The SMILES string of the molecule is C=CC(=O)N1CCCC(Nc2ncnc3[nH]cc([C@@]45CCC[C@@H]4C5(F)F)c23)C1. The van der Waals surface area contributed by atoms with Crippen LogP contribution in [0.3, 0.4) is 0 Å². The molecule has 2 aromatic rings. The van der Waals surface area contributed by atoms with E-state index in [1.165, 1.54) is 12.4 Å². The van der Waals surface area contributed by atoms with E-state index in [4.69, 9.17) is 0 Å². The first kappa shape index (κ1) is 17.6. The number of H-pyrrole nitrogens is 1. The van der Waals surface area contributed by atoms with Crippen LogP contribution in [0.2, 0.25) is 0 Å². The van der Waals surface area contributed by atoms with Crippen molar-refractivity contribution in [2.24, 2.45) is 5.92 Å². The molecule has 0 bridgehead atoms. The summed E-state index contributed by atoms with van der Waals surface area (Å²) in [5.41, 5.74) is 0.127. The Balaban J connectivity index is 1.49. The number of amides is 1. The van der Waals surface area contributed by atoms with Crippen LogP contribution in [0.5, 0.6) is 0 Å². The minimum Gasteiger partial charge on any atom is -0.365 e. The predicted molar refractivity (Wildman–Crippen MR) is 101 cm³/mol. The van der Waals surface area contributed by atoms with Gasteiger partial charge in [0.25, 0.3) is 5.92 Å². The largest absolute Gasteiger partial charge is 0.365 e. The third-order valence-corrected chi connectivity index (χ3v) is 6.81. The summed E-state index contributed by atoms with van der Waals surface area (Å²) < 4.78 is 29.3. The van der Waals surface area contributed by atoms with E-state index >= 15 is 0 Å². The molecule has 6 nitrogen and oxygen atoms in total. The Bertz CT molecular complexity index is 957. The van der Waals surface area contributed by atoms with E-state index < -0.39 is 17.3 Å². The first-order chi connectivity index (χ1) is 13.5. The fourth-order valence-electron chi connectivity index (χ4n) is 5.43. The van der Waals surface area contributed by atoms with Crippen molar-refractivity contribution in [3.8, 4) is 0 Å². The summed E-state index contributed by atoms with van der Waals surface area (Å²) in [7, 11) is 0. The maximum absolute atomic E-state index is 14.6. The van der Waals surface area contributed by atoms with E-state index in [-0.39, 0.29) is 11.9 Å². The molecule has 0 aromatic carbocycles. The van der Waals surface area contributed by atoms with Gasteiger partial charge in [-0.05, 0) is 37.3 Å². The van der Waals surface area contributed by atoms with Gasteiger partial charge in [0.2, 0.25) is 5.91 Å². The minimum atomic E-state index is -2.66. The van der Waals surface area contributed by atoms with Gasteiger partial charge in [0, 0.05) is 31.2 Å². The van der Waals surface area contributed by atoms with Gasteiger partial charge in [-0.1, -0.05) is 13.0 Å². The molecular weight excluding hydrogens is 364 g/mol. The zero-order valence-electron chi connectivity index (χ0n) is 15.5. The molecule has 8 heteroatoms. The maximum Gasteiger partial charge on any atom is 0.262 e. The summed E-state index contributed by atoms with van der Waals surface area (Å²) in [4.78, 5) is 25.4. The molecule has 1 amide bonds. The van der Waals surface area contributed by atoms with Crippen LogP contribution in [-0.4, -0.2) is 50.8 Å². The number of carbonyl (C=O) groups is 1. The second kappa shape index (κ2) is 5.99. The smallest absolute Gasteiger partial charge is 0.262 e. The standard InChI is InChI=1S/C20H23F2N5O/c1-2-15(28)27-8-4-5-12(10-27)26-18-16-13(9-23-17(16)24-11-25-18)19-7-3-6-14(19)20(19,21)22/h2,9,11-12,14H,1,3-8,10H2,(H2,23,24,25,26)/t12?,14-,19-/m0/s1. The molecule has 1 unspecified atom stereocenters. The lowest BCUT2D eigenvalue weighted by Gasteiger charge is -2.33. The van der Waals surface area contributed by atoms with E-state index in [9.17, 15) is 13.6 Å². The Kier molecular flexibility index (Phi) is 3.76. The van der Waals surface area contributed by atoms with Gasteiger partial charge >= 0.3 is 0 Å². The Morgan fingerprint density at radius 3 is 2.96 bits per heavy atom. The second-order valence-electron chi connectivity index (χ2n) is 8.16. The van der Waals surface area contributed by atoms with Gasteiger partial charge in [-0.25, -0.2) is 18.7 Å². The summed E-state index contributed by atoms with van der Waals surface area (Å²) >= 11 is 0. The molecule has 1 aliphatic heterocycles. The van der Waals surface area contributed by atoms with Crippen molar-refractivity contribution in [3.63, 3.8) is 0 Å². The van der Waals surface area contributed by atoms with Gasteiger partial charge in [0.15, 0.2) is 0 Å². The molecule has 3 fully saturated rings. The Labute approximate surface area is 161 Å². The number of piperidine rings is 1. The third-order valence-electron chi connectivity index (χ3n) is 6.81. The number of fused-ring (bicyclic) bond motifs is 2. The lowest BCUT2D eigenvalue weighted by molar-refractivity contribution is -0.127. The van der Waals surface area contributed by atoms with Crippen molar-refractivity contribution in [2.45, 2.75) is 49.5 Å². The average molecular weight is 387 g/mol. The van der Waals surface area contributed by atoms with Gasteiger partial charge in [0.1, 0.15) is 17.8 Å². The van der Waals surface area contributed by atoms with E-state index in [0.29, 0.717) is 48.3 Å². The van der Waals surface area contributed by atoms with Crippen LogP contribution in [-0.2, 0) is 10.2 Å². The van der Waals surface area contributed by atoms with Crippen LogP contribution >= 0.6 is 0 Å². The third kappa shape index (κ3) is 2.26. The molecule has 148 valence electrons. The van der Waals surface area contributed by atoms with Crippen molar-refractivity contribution >= 4 is 22.8 Å². The molecule has 2 aliphatic carbocycles. The van der Waals surface area contributed by atoms with Crippen molar-refractivity contribution < 1.29 is 13.6 Å². The Morgan fingerprint density at radius 1 is 1.36 bits per heavy atom. The first-order valence-corrected chi connectivity index (χ1v) is 9.87. The molecular formula is C20H23F2N5O. The van der Waals surface area contributed by atoms with E-state index in [2.05, 4.69) is 26.8 Å². The summed E-state index contributed by atoms with van der Waals surface area (Å²) in [6, 6.07) is 0.00934. The highest BCUT2D eigenvalue weighted by Gasteiger charge is 2.82. The lowest BCUT2D eigenvalue weighted by atomic mass is 9.92. The molecule has 3 atom stereocenters. The zero-order valence-corrected chi connectivity index (χ0v) is 15.5. The number of nitrogens with one attached hydrogen (secondary N) is 2. The van der Waals surface area contributed by atoms with Gasteiger partial charge in [-0.15, -0.1) is 0 Å². The summed E-state index contributed by atoms with van der Waals surface area (Å²) in [6.07, 6.45) is 8.10. The first-order valence-electron chi connectivity index (χ1n) is 9.87. The summed E-state index contributed by atoms with van der Waals surface area (Å²) in [6.45, 7) is 4.80. The van der Waals surface area contributed by atoms with Crippen molar-refractivity contribution in [3.05, 3.63) is 30.7 Å². The predicted octanol–water partition coefficient (Wildman–Crippen LogP) is 3.23. The van der Waals surface area contributed by atoms with Crippen LogP contribution in [0.4, 0.5) is 14.6 Å². The highest BCUT2D eigenvalue weighted by molar-refractivity contribution is 5.92. The van der Waals surface area contributed by atoms with Crippen LogP contribution in [0.25, 0.3) is 11.0 Å². The molecule has 1 saturated heterocycles. The Hall–Kier alpha value is -2.51. The van der Waals surface area contributed by atoms with E-state index in [1.807, 2.05) is 0 Å². The maximum atomic E-state index is 14.6. The van der Waals surface area contributed by atoms with Crippen molar-refractivity contribution in [1.29, 1.82) is 0 Å². The number of carbonyl (C=O) groups excluding carboxylic acids is 1. The van der Waals surface area contributed by atoms with E-state index in [1.54, 1.807) is 11.1 Å². The lowest BCUT2D eigenvalue weighted by Crippen LogP contribution is -2.44. The van der Waals surface area contributed by atoms with Crippen LogP contribution in [0, 0.1) is 5.92 Å². The molecule has 2 N–H and O–H groups in total. The number of nitrogens with zero attached hydrogens (tertiary/aromatic N) is 3. The topological polar surface area (TPSA) is 73.9 Å². The number of anilines is 1. The number of alkyl halides is 2. The van der Waals surface area contributed by atoms with E-state index in [0.717, 1.165) is 19.3 Å². The highest BCUT2D eigenvalue weighted by Crippen LogP contribution is 2.75. The fourth-order valence-corrected chi connectivity index (χ4v) is 5.43. The van der Waals surface area contributed by atoms with Crippen LogP contribution < -0.4 is 5.32 Å². The number of hydrogen-bond acceptors (Lipinski definition) is 4. The molecule has 28 heavy (non-hydrogen) atoms. The molecule has 5 rings (SSSR count). The number of rotatable bonds is 4. The Morgan fingerprint density at radius 2 is 2.21 bits per heavy atom. The number of halogens is 2. The molecule has 2 saturated carbocycles. The van der Waals surface area contributed by atoms with Gasteiger partial charge in [-0.2, -0.15) is 0 Å². The van der Waals surface area contributed by atoms with Crippen molar-refractivity contribution in [1.82, 2.24) is 19.9 Å². The summed E-state index contributed by atoms with van der Waals surface area (Å²) in [5, 5.41) is 4.07. The molecule has 3 heterocycles. The number of likely N-dealkylation sites (tertiary alicyclic amines) is 1. The number of hydrogen-bond donors (Lipinski definition) is 2. The summed E-state index contributed by atoms with van der Waals surface area (Å²) in [5.74, 6) is -2.76. The zero-order chi connectivity index (χ0) is 19.5. The highest BCUT2D eigenvalue weighted by atomic mass is 19.3. The van der Waals surface area contributed by atoms with Crippen LogP contribution in [0.15, 0.2) is 25.2 Å². The number of aromatic nitrogens is 3. The van der Waals surface area contributed by atoms with Crippen LogP contribution in [0.1, 0.15) is 37.7 Å². The normalized spacial score (nSPS) is 30.9. The monoisotopic (exact) mass is 387 g/mol. The van der Waals surface area contributed by atoms with Crippen molar-refractivity contribution in [2.75, 3.05) is 18.4 Å². The fraction of sp³-hybridized carbons (Fsp3) is 0.550. The van der Waals surface area contributed by atoms with Gasteiger partial charge < -0.3 is 15.2 Å². The minimum absolute atomic E-state index is 0.00934. The van der Waals surface area contributed by atoms with Gasteiger partial charge in [-0.3, -0.25) is 4.79 Å². The van der Waals surface area contributed by atoms with Gasteiger partial charge in [0.05, 0.1) is 10.8 Å². The molecule has 3 aliphatic rings.